The van der Waals surface area contributed by atoms with Crippen molar-refractivity contribution in [3.05, 3.63) is 95.0 Å². The lowest BCUT2D eigenvalue weighted by molar-refractivity contribution is 0.0979. The van der Waals surface area contributed by atoms with Gasteiger partial charge in [0.1, 0.15) is 0 Å². The van der Waals surface area contributed by atoms with E-state index in [2.05, 4.69) is 5.32 Å². The number of benzene rings is 3. The van der Waals surface area contributed by atoms with Crippen LogP contribution in [0.4, 0.5) is 5.69 Å². The molecule has 0 aliphatic carbocycles. The molecule has 0 spiro atoms. The van der Waals surface area contributed by atoms with Crippen molar-refractivity contribution < 1.29 is 18.0 Å². The fraction of sp³-hybridized carbons (Fsp3) is 0. The predicted molar refractivity (Wildman–Crippen MR) is 107 cm³/mol. The molecular weight excluding hydrogens is 400 g/mol. The number of rotatable bonds is 5. The topological polar surface area (TPSA) is 92.3 Å². The van der Waals surface area contributed by atoms with Crippen LogP contribution in [0, 0.1) is 0 Å². The zero-order valence-corrected chi connectivity index (χ0v) is 16.0. The number of hydrogen-bond donors (Lipinski definition) is 2. The highest BCUT2D eigenvalue weighted by molar-refractivity contribution is 7.90. The summed E-state index contributed by atoms with van der Waals surface area (Å²) in [6.07, 6.45) is 0. The Labute approximate surface area is 167 Å². The maximum atomic E-state index is 12.4. The number of carbonyl (C=O) groups is 2. The zero-order valence-electron chi connectivity index (χ0n) is 14.4. The van der Waals surface area contributed by atoms with Gasteiger partial charge in [-0.25, -0.2) is 13.1 Å². The Morgan fingerprint density at radius 3 is 2.04 bits per heavy atom. The first kappa shape index (κ1) is 19.6. The van der Waals surface area contributed by atoms with Gasteiger partial charge in [-0.2, -0.15) is 0 Å². The molecule has 2 amide bonds. The van der Waals surface area contributed by atoms with E-state index in [-0.39, 0.29) is 16.4 Å². The van der Waals surface area contributed by atoms with Gasteiger partial charge in [0.25, 0.3) is 21.8 Å². The summed E-state index contributed by atoms with van der Waals surface area (Å²) in [5.41, 5.74) is 1.01. The summed E-state index contributed by atoms with van der Waals surface area (Å²) < 4.78 is 26.8. The molecule has 142 valence electrons. The zero-order chi connectivity index (χ0) is 20.1. The van der Waals surface area contributed by atoms with E-state index in [0.717, 1.165) is 0 Å². The number of sulfonamides is 1. The third-order valence-corrected chi connectivity index (χ3v) is 5.35. The summed E-state index contributed by atoms with van der Waals surface area (Å²) in [7, 11) is -4.04. The van der Waals surface area contributed by atoms with E-state index in [1.165, 1.54) is 42.5 Å². The molecule has 0 saturated heterocycles. The molecule has 3 aromatic rings. The molecule has 0 saturated carbocycles. The van der Waals surface area contributed by atoms with Gasteiger partial charge in [0, 0.05) is 21.8 Å². The maximum absolute atomic E-state index is 12.4. The van der Waals surface area contributed by atoms with E-state index < -0.39 is 15.9 Å². The second kappa shape index (κ2) is 8.24. The van der Waals surface area contributed by atoms with Crippen LogP contribution in [0.2, 0.25) is 5.02 Å². The van der Waals surface area contributed by atoms with E-state index in [1.54, 1.807) is 36.4 Å². The Balaban J connectivity index is 1.71. The molecule has 0 bridgehead atoms. The number of carbonyl (C=O) groups excluding carboxylic acids is 2. The molecule has 3 rings (SSSR count). The van der Waals surface area contributed by atoms with E-state index in [4.69, 9.17) is 11.6 Å². The summed E-state index contributed by atoms with van der Waals surface area (Å²) in [4.78, 5) is 24.2. The predicted octanol–water partition coefficient (Wildman–Crippen LogP) is 3.71. The minimum atomic E-state index is -4.04. The van der Waals surface area contributed by atoms with Crippen molar-refractivity contribution in [2.45, 2.75) is 4.90 Å². The first-order valence-corrected chi connectivity index (χ1v) is 10.0. The lowest BCUT2D eigenvalue weighted by atomic mass is 10.2. The van der Waals surface area contributed by atoms with Gasteiger partial charge in [-0.05, 0) is 54.6 Å². The van der Waals surface area contributed by atoms with Crippen LogP contribution in [0.5, 0.6) is 0 Å². The fourth-order valence-corrected chi connectivity index (χ4v) is 3.54. The molecule has 0 radical (unpaired) electrons. The Morgan fingerprint density at radius 1 is 0.750 bits per heavy atom. The standard InChI is InChI=1S/C20H15ClN2O4S/c21-16-8-4-7-15(13-16)19(24)22-17-9-11-18(12-10-17)28(26,27)23-20(25)14-5-2-1-3-6-14/h1-13H,(H,22,24)(H,23,25). The number of nitrogens with one attached hydrogen (secondary N) is 2. The van der Waals surface area contributed by atoms with Crippen molar-refractivity contribution in [3.63, 3.8) is 0 Å². The van der Waals surface area contributed by atoms with Crippen molar-refractivity contribution >= 4 is 39.1 Å². The van der Waals surface area contributed by atoms with Crippen LogP contribution < -0.4 is 10.0 Å². The summed E-state index contributed by atoms with van der Waals surface area (Å²) in [5.74, 6) is -1.10. The number of amides is 2. The molecular formula is C20H15ClN2O4S. The Kier molecular flexibility index (Phi) is 5.77. The van der Waals surface area contributed by atoms with Gasteiger partial charge >= 0.3 is 0 Å². The van der Waals surface area contributed by atoms with Crippen molar-refractivity contribution in [1.82, 2.24) is 4.72 Å². The maximum Gasteiger partial charge on any atom is 0.264 e. The van der Waals surface area contributed by atoms with Gasteiger partial charge in [-0.1, -0.05) is 35.9 Å². The van der Waals surface area contributed by atoms with Crippen LogP contribution in [-0.2, 0) is 10.0 Å². The molecule has 0 heterocycles. The van der Waals surface area contributed by atoms with Crippen molar-refractivity contribution in [2.24, 2.45) is 0 Å². The second-order valence-electron chi connectivity index (χ2n) is 5.79. The summed E-state index contributed by atoms with van der Waals surface area (Å²) in [6, 6.07) is 19.9. The average Bonchev–Trinajstić information content (AvgIpc) is 2.69. The Morgan fingerprint density at radius 2 is 1.39 bits per heavy atom. The minimum Gasteiger partial charge on any atom is -0.322 e. The van der Waals surface area contributed by atoms with Crippen LogP contribution in [0.1, 0.15) is 20.7 Å². The Hall–Kier alpha value is -3.16. The molecule has 3 aromatic carbocycles. The van der Waals surface area contributed by atoms with Gasteiger partial charge in [0.15, 0.2) is 0 Å². The van der Waals surface area contributed by atoms with Gasteiger partial charge in [0.2, 0.25) is 0 Å². The third-order valence-electron chi connectivity index (χ3n) is 3.77. The molecule has 8 heteroatoms. The van der Waals surface area contributed by atoms with Gasteiger partial charge in [-0.3, -0.25) is 9.59 Å². The van der Waals surface area contributed by atoms with Crippen LogP contribution in [0.3, 0.4) is 0 Å². The first-order chi connectivity index (χ1) is 13.3. The fourth-order valence-electron chi connectivity index (χ4n) is 2.38. The first-order valence-electron chi connectivity index (χ1n) is 8.14. The summed E-state index contributed by atoms with van der Waals surface area (Å²) >= 11 is 5.87. The highest BCUT2D eigenvalue weighted by atomic mass is 35.5. The second-order valence-corrected chi connectivity index (χ2v) is 7.91. The molecule has 0 aromatic heterocycles. The minimum absolute atomic E-state index is 0.0995. The highest BCUT2D eigenvalue weighted by Gasteiger charge is 2.18. The molecule has 28 heavy (non-hydrogen) atoms. The number of halogens is 1. The van der Waals surface area contributed by atoms with Gasteiger partial charge < -0.3 is 5.32 Å². The molecule has 0 atom stereocenters. The van der Waals surface area contributed by atoms with E-state index in [0.29, 0.717) is 16.3 Å². The van der Waals surface area contributed by atoms with Crippen molar-refractivity contribution in [1.29, 1.82) is 0 Å². The molecule has 0 aliphatic heterocycles. The molecule has 0 fully saturated rings. The Bertz CT molecular complexity index is 1110. The quantitative estimate of drug-likeness (QED) is 0.665. The average molecular weight is 415 g/mol. The van der Waals surface area contributed by atoms with Gasteiger partial charge in [-0.15, -0.1) is 0 Å². The summed E-state index contributed by atoms with van der Waals surface area (Å²) in [5, 5.41) is 3.08. The van der Waals surface area contributed by atoms with E-state index >= 15 is 0 Å². The third kappa shape index (κ3) is 4.76. The monoisotopic (exact) mass is 414 g/mol. The molecule has 6 nitrogen and oxygen atoms in total. The molecule has 2 N–H and O–H groups in total. The molecule has 0 aliphatic rings. The van der Waals surface area contributed by atoms with Crippen LogP contribution in [-0.4, -0.2) is 20.2 Å². The summed E-state index contributed by atoms with van der Waals surface area (Å²) in [6.45, 7) is 0. The van der Waals surface area contributed by atoms with Crippen LogP contribution in [0.15, 0.2) is 83.8 Å². The van der Waals surface area contributed by atoms with Crippen molar-refractivity contribution in [2.75, 3.05) is 5.32 Å². The SMILES string of the molecule is O=C(Nc1ccc(S(=O)(=O)NC(=O)c2ccccc2)cc1)c1cccc(Cl)c1. The number of hydrogen-bond acceptors (Lipinski definition) is 4. The lowest BCUT2D eigenvalue weighted by Gasteiger charge is -2.09. The van der Waals surface area contributed by atoms with Gasteiger partial charge in [0.05, 0.1) is 4.90 Å². The van der Waals surface area contributed by atoms with E-state index in [1.807, 2.05) is 4.72 Å². The highest BCUT2D eigenvalue weighted by Crippen LogP contribution is 2.17. The smallest absolute Gasteiger partial charge is 0.264 e. The molecule has 0 unspecified atom stereocenters. The normalized spacial score (nSPS) is 10.9. The van der Waals surface area contributed by atoms with Crippen molar-refractivity contribution in [3.8, 4) is 0 Å². The largest absolute Gasteiger partial charge is 0.322 e. The van der Waals surface area contributed by atoms with Crippen LogP contribution in [0.25, 0.3) is 0 Å². The lowest BCUT2D eigenvalue weighted by Crippen LogP contribution is -2.30. The number of anilines is 1. The van der Waals surface area contributed by atoms with Crippen LogP contribution >= 0.6 is 11.6 Å². The van der Waals surface area contributed by atoms with E-state index in [9.17, 15) is 18.0 Å².